The van der Waals surface area contributed by atoms with Gasteiger partial charge in [0.2, 0.25) is 0 Å². The van der Waals surface area contributed by atoms with Crippen molar-refractivity contribution >= 4 is 6.21 Å². The molecular weight excluding hydrogens is 168 g/mol. The maximum Gasteiger partial charge on any atom is 0.120 e. The van der Waals surface area contributed by atoms with Gasteiger partial charge in [0.25, 0.3) is 0 Å². The third kappa shape index (κ3) is 3.13. The molecule has 1 rings (SSSR count). The molecule has 0 aromatic heterocycles. The summed E-state index contributed by atoms with van der Waals surface area (Å²) in [4.78, 5) is 0. The van der Waals surface area contributed by atoms with Crippen LogP contribution in [0.2, 0.25) is 0 Å². The largest absolute Gasteiger partial charge is 0.491 e. The van der Waals surface area contributed by atoms with Crippen molar-refractivity contribution in [1.29, 1.82) is 0 Å². The molecule has 0 bridgehead atoms. The van der Waals surface area contributed by atoms with Crippen LogP contribution >= 0.6 is 0 Å². The highest BCUT2D eigenvalue weighted by atomic mass is 16.5. The van der Waals surface area contributed by atoms with E-state index in [0.717, 1.165) is 5.56 Å². The topological polar surface area (TPSA) is 67.8 Å². The van der Waals surface area contributed by atoms with Gasteiger partial charge in [0.1, 0.15) is 12.4 Å². The number of ether oxygens (including phenoxy) is 1. The number of hydrazone groups is 1. The first-order chi connectivity index (χ1) is 6.36. The number of nitrogens with two attached hydrogens (primary N) is 1. The van der Waals surface area contributed by atoms with Gasteiger partial charge in [-0.3, -0.25) is 0 Å². The van der Waals surface area contributed by atoms with Crippen molar-refractivity contribution in [3.63, 3.8) is 0 Å². The van der Waals surface area contributed by atoms with Gasteiger partial charge >= 0.3 is 0 Å². The summed E-state index contributed by atoms with van der Waals surface area (Å²) in [5.41, 5.74) is 0.873. The van der Waals surface area contributed by atoms with E-state index in [1.165, 1.54) is 6.21 Å². The summed E-state index contributed by atoms with van der Waals surface area (Å²) in [6.07, 6.45) is 1.53. The minimum Gasteiger partial charge on any atom is -0.491 e. The highest BCUT2D eigenvalue weighted by Gasteiger charge is 1.93. The van der Waals surface area contributed by atoms with E-state index in [1.807, 2.05) is 18.2 Å². The molecule has 3 N–H and O–H groups in total. The second kappa shape index (κ2) is 5.16. The SMILES string of the molecule is NN=Cc1cccc(OCCO)c1. The summed E-state index contributed by atoms with van der Waals surface area (Å²) < 4.78 is 5.19. The molecule has 0 aliphatic rings. The van der Waals surface area contributed by atoms with Crippen molar-refractivity contribution < 1.29 is 9.84 Å². The van der Waals surface area contributed by atoms with E-state index in [4.69, 9.17) is 15.7 Å². The van der Waals surface area contributed by atoms with E-state index in [-0.39, 0.29) is 6.61 Å². The lowest BCUT2D eigenvalue weighted by Gasteiger charge is -2.03. The number of hydrogen-bond donors (Lipinski definition) is 2. The molecule has 13 heavy (non-hydrogen) atoms. The number of nitrogens with zero attached hydrogens (tertiary/aromatic N) is 1. The molecule has 0 saturated carbocycles. The van der Waals surface area contributed by atoms with Gasteiger partial charge in [-0.15, -0.1) is 0 Å². The average molecular weight is 180 g/mol. The van der Waals surface area contributed by atoms with Crippen LogP contribution in [0.3, 0.4) is 0 Å². The van der Waals surface area contributed by atoms with E-state index in [1.54, 1.807) is 6.07 Å². The number of aliphatic hydroxyl groups excluding tert-OH is 1. The molecule has 4 heteroatoms. The smallest absolute Gasteiger partial charge is 0.120 e. The fourth-order valence-corrected chi connectivity index (χ4v) is 0.934. The van der Waals surface area contributed by atoms with Crippen molar-refractivity contribution in [2.45, 2.75) is 0 Å². The maximum atomic E-state index is 8.53. The standard InChI is InChI=1S/C9H12N2O2/c10-11-7-8-2-1-3-9(6-8)13-5-4-12/h1-3,6-7,12H,4-5,10H2. The lowest BCUT2D eigenvalue weighted by molar-refractivity contribution is 0.201. The third-order valence-electron chi connectivity index (χ3n) is 1.44. The molecule has 0 saturated heterocycles. The summed E-state index contributed by atoms with van der Waals surface area (Å²) in [7, 11) is 0. The number of aliphatic hydroxyl groups is 1. The Hall–Kier alpha value is -1.55. The van der Waals surface area contributed by atoms with Crippen LogP contribution in [0, 0.1) is 0 Å². The van der Waals surface area contributed by atoms with Crippen LogP contribution in [0.1, 0.15) is 5.56 Å². The number of hydrogen-bond acceptors (Lipinski definition) is 4. The van der Waals surface area contributed by atoms with Crippen LogP contribution in [0.5, 0.6) is 5.75 Å². The normalized spacial score (nSPS) is 10.5. The molecule has 0 atom stereocenters. The van der Waals surface area contributed by atoms with Crippen LogP contribution in [0.15, 0.2) is 29.4 Å². The zero-order valence-corrected chi connectivity index (χ0v) is 7.18. The lowest BCUT2D eigenvalue weighted by atomic mass is 10.2. The van der Waals surface area contributed by atoms with Crippen molar-refractivity contribution in [1.82, 2.24) is 0 Å². The second-order valence-corrected chi connectivity index (χ2v) is 2.42. The van der Waals surface area contributed by atoms with Crippen LogP contribution in [-0.2, 0) is 0 Å². The number of rotatable bonds is 4. The quantitative estimate of drug-likeness (QED) is 0.399. The molecule has 0 heterocycles. The molecule has 0 aliphatic heterocycles. The van der Waals surface area contributed by atoms with Gasteiger partial charge in [0.15, 0.2) is 0 Å². The minimum atomic E-state index is 0.00913. The summed E-state index contributed by atoms with van der Waals surface area (Å²) >= 11 is 0. The molecule has 0 amide bonds. The Morgan fingerprint density at radius 2 is 2.38 bits per heavy atom. The van der Waals surface area contributed by atoms with Crippen molar-refractivity contribution in [3.8, 4) is 5.75 Å². The monoisotopic (exact) mass is 180 g/mol. The first-order valence-electron chi connectivity index (χ1n) is 3.94. The Morgan fingerprint density at radius 3 is 3.08 bits per heavy atom. The van der Waals surface area contributed by atoms with Gasteiger partial charge in [-0.05, 0) is 17.7 Å². The first-order valence-corrected chi connectivity index (χ1v) is 3.94. The Bertz CT molecular complexity index is 287. The zero-order valence-electron chi connectivity index (χ0n) is 7.18. The molecule has 0 unspecified atom stereocenters. The third-order valence-corrected chi connectivity index (χ3v) is 1.44. The fourth-order valence-electron chi connectivity index (χ4n) is 0.934. The van der Waals surface area contributed by atoms with Crippen molar-refractivity contribution in [2.75, 3.05) is 13.2 Å². The molecule has 0 fully saturated rings. The van der Waals surface area contributed by atoms with Gasteiger partial charge in [0, 0.05) is 0 Å². The number of benzene rings is 1. The molecule has 4 nitrogen and oxygen atoms in total. The highest BCUT2D eigenvalue weighted by molar-refractivity contribution is 5.79. The highest BCUT2D eigenvalue weighted by Crippen LogP contribution is 2.11. The predicted octanol–water partition coefficient (Wildman–Crippen LogP) is 0.350. The van der Waals surface area contributed by atoms with E-state index in [0.29, 0.717) is 12.4 Å². The van der Waals surface area contributed by atoms with E-state index >= 15 is 0 Å². The van der Waals surface area contributed by atoms with Crippen LogP contribution in [-0.4, -0.2) is 24.5 Å². The van der Waals surface area contributed by atoms with E-state index < -0.39 is 0 Å². The summed E-state index contributed by atoms with van der Waals surface area (Å²) in [5.74, 6) is 5.70. The summed E-state index contributed by atoms with van der Waals surface area (Å²) in [6.45, 7) is 0.304. The lowest BCUT2D eigenvalue weighted by Crippen LogP contribution is -2.01. The van der Waals surface area contributed by atoms with Gasteiger partial charge in [0.05, 0.1) is 12.8 Å². The van der Waals surface area contributed by atoms with Gasteiger partial charge in [-0.1, -0.05) is 12.1 Å². The Kier molecular flexibility index (Phi) is 3.78. The van der Waals surface area contributed by atoms with Crippen LogP contribution in [0.25, 0.3) is 0 Å². The second-order valence-electron chi connectivity index (χ2n) is 2.42. The molecule has 0 aliphatic carbocycles. The van der Waals surface area contributed by atoms with Gasteiger partial charge in [-0.25, -0.2) is 0 Å². The van der Waals surface area contributed by atoms with Gasteiger partial charge in [-0.2, -0.15) is 5.10 Å². The molecular formula is C9H12N2O2. The molecule has 0 spiro atoms. The van der Waals surface area contributed by atoms with Crippen LogP contribution < -0.4 is 10.6 Å². The predicted molar refractivity (Wildman–Crippen MR) is 50.8 cm³/mol. The molecule has 1 aromatic carbocycles. The molecule has 1 aromatic rings. The average Bonchev–Trinajstić information content (AvgIpc) is 2.16. The zero-order chi connectivity index (χ0) is 9.52. The first kappa shape index (κ1) is 9.54. The maximum absolute atomic E-state index is 8.53. The summed E-state index contributed by atoms with van der Waals surface area (Å²) in [6, 6.07) is 7.31. The Balaban J connectivity index is 2.67. The fraction of sp³-hybridized carbons (Fsp3) is 0.222. The van der Waals surface area contributed by atoms with Crippen molar-refractivity contribution in [2.24, 2.45) is 10.9 Å². The molecule has 0 radical (unpaired) electrons. The van der Waals surface area contributed by atoms with E-state index in [9.17, 15) is 0 Å². The summed E-state index contributed by atoms with van der Waals surface area (Å²) in [5, 5.41) is 11.9. The molecule has 70 valence electrons. The minimum absolute atomic E-state index is 0.00913. The Morgan fingerprint density at radius 1 is 1.54 bits per heavy atom. The van der Waals surface area contributed by atoms with Crippen molar-refractivity contribution in [3.05, 3.63) is 29.8 Å². The Labute approximate surface area is 76.6 Å². The van der Waals surface area contributed by atoms with Gasteiger partial charge < -0.3 is 15.7 Å². The van der Waals surface area contributed by atoms with E-state index in [2.05, 4.69) is 5.10 Å². The van der Waals surface area contributed by atoms with Crippen LogP contribution in [0.4, 0.5) is 0 Å².